The number of aliphatic imine (C=N–C) groups is 1. The van der Waals surface area contributed by atoms with Gasteiger partial charge in [0.1, 0.15) is 0 Å². The van der Waals surface area contributed by atoms with E-state index in [1.807, 2.05) is 13.0 Å². The molecule has 2 heteroatoms. The molecule has 1 fully saturated rings. The first kappa shape index (κ1) is 11.4. The molecule has 1 aliphatic rings. The second-order valence-corrected chi connectivity index (χ2v) is 4.03. The summed E-state index contributed by atoms with van der Waals surface area (Å²) in [7, 11) is 0. The lowest BCUT2D eigenvalue weighted by atomic mass is 9.86. The first-order chi connectivity index (χ1) is 6.77. The Kier molecular flexibility index (Phi) is 4.88. The summed E-state index contributed by atoms with van der Waals surface area (Å²) in [5, 5.41) is 9.00. The standard InChI is InChI=1S/C12H21NO/c1-3-12(9-14)13-10(2)11-7-5-4-6-8-11/h3,11,14H,4-9H2,1-2H3/b12-3-,13-10?. The molecule has 0 aromatic carbocycles. The SMILES string of the molecule is C/C=C(/CO)N=C(C)C1CCCCC1. The molecule has 0 heterocycles. The highest BCUT2D eigenvalue weighted by molar-refractivity contribution is 5.85. The van der Waals surface area contributed by atoms with Gasteiger partial charge in [-0.25, -0.2) is 0 Å². The lowest BCUT2D eigenvalue weighted by Gasteiger charge is -2.21. The van der Waals surface area contributed by atoms with Gasteiger partial charge < -0.3 is 5.11 Å². The fraction of sp³-hybridized carbons (Fsp3) is 0.750. The van der Waals surface area contributed by atoms with Gasteiger partial charge in [-0.3, -0.25) is 4.99 Å². The summed E-state index contributed by atoms with van der Waals surface area (Å²) in [5.74, 6) is 0.658. The molecule has 1 rings (SSSR count). The Hall–Kier alpha value is -0.630. The second-order valence-electron chi connectivity index (χ2n) is 4.03. The molecule has 80 valence electrons. The van der Waals surface area contributed by atoms with Gasteiger partial charge in [0, 0.05) is 5.71 Å². The van der Waals surface area contributed by atoms with Crippen molar-refractivity contribution in [3.05, 3.63) is 11.8 Å². The van der Waals surface area contributed by atoms with E-state index in [1.165, 1.54) is 37.8 Å². The fourth-order valence-corrected chi connectivity index (χ4v) is 2.03. The minimum Gasteiger partial charge on any atom is -0.390 e. The summed E-state index contributed by atoms with van der Waals surface area (Å²) in [6.45, 7) is 4.07. The lowest BCUT2D eigenvalue weighted by molar-refractivity contribution is 0.329. The summed E-state index contributed by atoms with van der Waals surface area (Å²) in [6, 6.07) is 0. The number of aliphatic hydroxyl groups excluding tert-OH is 1. The lowest BCUT2D eigenvalue weighted by Crippen LogP contribution is -2.15. The number of allylic oxidation sites excluding steroid dienone is 1. The summed E-state index contributed by atoms with van der Waals surface area (Å²) < 4.78 is 0. The van der Waals surface area contributed by atoms with Gasteiger partial charge in [0.2, 0.25) is 0 Å². The molecule has 0 atom stereocenters. The van der Waals surface area contributed by atoms with E-state index < -0.39 is 0 Å². The predicted octanol–water partition coefficient (Wildman–Crippen LogP) is 2.92. The van der Waals surface area contributed by atoms with Crippen LogP contribution in [0.1, 0.15) is 46.0 Å². The van der Waals surface area contributed by atoms with Gasteiger partial charge in [0.05, 0.1) is 12.3 Å². The van der Waals surface area contributed by atoms with Crippen molar-refractivity contribution in [2.45, 2.75) is 46.0 Å². The largest absolute Gasteiger partial charge is 0.390 e. The van der Waals surface area contributed by atoms with Crippen LogP contribution in [-0.2, 0) is 0 Å². The molecule has 0 radical (unpaired) electrons. The summed E-state index contributed by atoms with van der Waals surface area (Å²) in [6.07, 6.45) is 8.48. The van der Waals surface area contributed by atoms with E-state index in [0.717, 1.165) is 5.70 Å². The van der Waals surface area contributed by atoms with Gasteiger partial charge in [-0.15, -0.1) is 0 Å². The Morgan fingerprint density at radius 1 is 1.36 bits per heavy atom. The molecule has 14 heavy (non-hydrogen) atoms. The summed E-state index contributed by atoms with van der Waals surface area (Å²) >= 11 is 0. The zero-order valence-corrected chi connectivity index (χ0v) is 9.29. The van der Waals surface area contributed by atoms with Gasteiger partial charge in [0.25, 0.3) is 0 Å². The molecule has 1 saturated carbocycles. The van der Waals surface area contributed by atoms with Crippen molar-refractivity contribution in [3.63, 3.8) is 0 Å². The first-order valence-electron chi connectivity index (χ1n) is 5.59. The maximum atomic E-state index is 9.00. The van der Waals surface area contributed by atoms with Crippen molar-refractivity contribution in [2.24, 2.45) is 10.9 Å². The average molecular weight is 195 g/mol. The van der Waals surface area contributed by atoms with Crippen molar-refractivity contribution in [1.82, 2.24) is 0 Å². The second kappa shape index (κ2) is 5.97. The molecular weight excluding hydrogens is 174 g/mol. The van der Waals surface area contributed by atoms with Gasteiger partial charge >= 0.3 is 0 Å². The van der Waals surface area contributed by atoms with E-state index in [2.05, 4.69) is 11.9 Å². The van der Waals surface area contributed by atoms with Crippen LogP contribution in [0.25, 0.3) is 0 Å². The van der Waals surface area contributed by atoms with Crippen LogP contribution in [0.4, 0.5) is 0 Å². The zero-order chi connectivity index (χ0) is 10.4. The quantitative estimate of drug-likeness (QED) is 0.690. The molecule has 0 saturated heterocycles. The van der Waals surface area contributed by atoms with Crippen molar-refractivity contribution >= 4 is 5.71 Å². The van der Waals surface area contributed by atoms with Gasteiger partial charge in [-0.1, -0.05) is 25.3 Å². The highest BCUT2D eigenvalue weighted by Crippen LogP contribution is 2.25. The topological polar surface area (TPSA) is 32.6 Å². The molecular formula is C12H21NO. The van der Waals surface area contributed by atoms with Gasteiger partial charge in [0.15, 0.2) is 0 Å². The Morgan fingerprint density at radius 3 is 2.50 bits per heavy atom. The Labute approximate surface area is 86.7 Å². The van der Waals surface area contributed by atoms with Gasteiger partial charge in [-0.05, 0) is 32.6 Å². The molecule has 0 aromatic rings. The third kappa shape index (κ3) is 3.26. The van der Waals surface area contributed by atoms with E-state index in [4.69, 9.17) is 5.11 Å². The molecule has 0 bridgehead atoms. The molecule has 0 aliphatic heterocycles. The smallest absolute Gasteiger partial charge is 0.0849 e. The third-order valence-corrected chi connectivity index (χ3v) is 3.01. The molecule has 1 aliphatic carbocycles. The van der Waals surface area contributed by atoms with Crippen molar-refractivity contribution in [1.29, 1.82) is 0 Å². The van der Waals surface area contributed by atoms with Crippen LogP contribution in [0.3, 0.4) is 0 Å². The Balaban J connectivity index is 2.57. The van der Waals surface area contributed by atoms with Crippen LogP contribution in [0, 0.1) is 5.92 Å². The Bertz CT molecular complexity index is 224. The number of hydrogen-bond donors (Lipinski definition) is 1. The number of rotatable bonds is 3. The predicted molar refractivity (Wildman–Crippen MR) is 60.5 cm³/mol. The first-order valence-corrected chi connectivity index (χ1v) is 5.59. The maximum Gasteiger partial charge on any atom is 0.0849 e. The van der Waals surface area contributed by atoms with Crippen LogP contribution in [0.15, 0.2) is 16.8 Å². The molecule has 1 N–H and O–H groups in total. The number of nitrogens with zero attached hydrogens (tertiary/aromatic N) is 1. The van der Waals surface area contributed by atoms with Crippen LogP contribution < -0.4 is 0 Å². The molecule has 0 amide bonds. The molecule has 0 aromatic heterocycles. The summed E-state index contributed by atoms with van der Waals surface area (Å²) in [4.78, 5) is 4.46. The maximum absolute atomic E-state index is 9.00. The van der Waals surface area contributed by atoms with E-state index in [9.17, 15) is 0 Å². The van der Waals surface area contributed by atoms with Crippen molar-refractivity contribution in [3.8, 4) is 0 Å². The molecule has 0 unspecified atom stereocenters. The minimum absolute atomic E-state index is 0.0561. The molecule has 2 nitrogen and oxygen atoms in total. The van der Waals surface area contributed by atoms with E-state index >= 15 is 0 Å². The minimum atomic E-state index is 0.0561. The highest BCUT2D eigenvalue weighted by Gasteiger charge is 2.15. The number of hydrogen-bond acceptors (Lipinski definition) is 2. The average Bonchev–Trinajstić information content (AvgIpc) is 2.26. The van der Waals surface area contributed by atoms with E-state index in [-0.39, 0.29) is 6.61 Å². The fourth-order valence-electron chi connectivity index (χ4n) is 2.03. The highest BCUT2D eigenvalue weighted by atomic mass is 16.3. The number of aliphatic hydroxyl groups is 1. The van der Waals surface area contributed by atoms with Crippen LogP contribution in [0.5, 0.6) is 0 Å². The molecule has 0 spiro atoms. The van der Waals surface area contributed by atoms with Crippen molar-refractivity contribution < 1.29 is 5.11 Å². The van der Waals surface area contributed by atoms with Crippen LogP contribution in [0.2, 0.25) is 0 Å². The van der Waals surface area contributed by atoms with E-state index in [1.54, 1.807) is 0 Å². The van der Waals surface area contributed by atoms with Gasteiger partial charge in [-0.2, -0.15) is 0 Å². The van der Waals surface area contributed by atoms with Crippen LogP contribution >= 0.6 is 0 Å². The monoisotopic (exact) mass is 195 g/mol. The Morgan fingerprint density at radius 2 is 2.00 bits per heavy atom. The van der Waals surface area contributed by atoms with Crippen molar-refractivity contribution in [2.75, 3.05) is 6.61 Å². The van der Waals surface area contributed by atoms with E-state index in [0.29, 0.717) is 5.92 Å². The normalized spacial score (nSPS) is 21.4. The van der Waals surface area contributed by atoms with Crippen LogP contribution in [-0.4, -0.2) is 17.4 Å². The summed E-state index contributed by atoms with van der Waals surface area (Å²) in [5.41, 5.74) is 2.00. The zero-order valence-electron chi connectivity index (χ0n) is 9.29. The third-order valence-electron chi connectivity index (χ3n) is 3.01.